The van der Waals surface area contributed by atoms with E-state index in [-0.39, 0.29) is 24.0 Å². The molecule has 0 aromatic heterocycles. The number of hydrogen-bond donors (Lipinski definition) is 2. The Bertz CT molecular complexity index is 553. The molecule has 2 N–H and O–H groups in total. The van der Waals surface area contributed by atoms with Gasteiger partial charge >= 0.3 is 0 Å². The Kier molecular flexibility index (Phi) is 12.9. The predicted molar refractivity (Wildman–Crippen MR) is 129 cm³/mol. The Hall–Kier alpha value is -0.670. The van der Waals surface area contributed by atoms with Crippen LogP contribution in [0.25, 0.3) is 0 Å². The molecule has 154 valence electrons. The largest absolute Gasteiger partial charge is 0.497 e. The quantitative estimate of drug-likeness (QED) is 0.219. The van der Waals surface area contributed by atoms with Gasteiger partial charge < -0.3 is 15.4 Å². The van der Waals surface area contributed by atoms with Crippen molar-refractivity contribution in [2.75, 3.05) is 51.8 Å². The number of thioether (sulfide) groups is 1. The lowest BCUT2D eigenvalue weighted by molar-refractivity contribution is 0.251. The number of likely N-dealkylation sites (tertiary alicyclic amines) is 1. The predicted octanol–water partition coefficient (Wildman–Crippen LogP) is 3.76. The number of hydrogen-bond acceptors (Lipinski definition) is 4. The van der Waals surface area contributed by atoms with Crippen LogP contribution in [0, 0.1) is 0 Å². The van der Waals surface area contributed by atoms with Gasteiger partial charge in [0.1, 0.15) is 5.75 Å². The van der Waals surface area contributed by atoms with Gasteiger partial charge in [-0.3, -0.25) is 9.89 Å². The highest BCUT2D eigenvalue weighted by molar-refractivity contribution is 14.0. The first kappa shape index (κ1) is 24.4. The lowest BCUT2D eigenvalue weighted by atomic mass is 10.1. The third-order valence-electron chi connectivity index (χ3n) is 4.64. The standard InChI is InChI=1S/C20H34N4OS.HI/c1-4-21-20(22-11-8-14-26-3)23-16-19(24-12-5-6-13-24)17-9-7-10-18(15-17)25-2;/h7,9-10,15,19H,4-6,8,11-14,16H2,1-3H3,(H2,21,22,23);1H. The van der Waals surface area contributed by atoms with Gasteiger partial charge in [0.15, 0.2) is 5.96 Å². The number of ether oxygens (including phenoxy) is 1. The third kappa shape index (κ3) is 8.48. The normalized spacial score (nSPS) is 15.9. The third-order valence-corrected chi connectivity index (χ3v) is 5.34. The van der Waals surface area contributed by atoms with E-state index < -0.39 is 0 Å². The van der Waals surface area contributed by atoms with Crippen LogP contribution < -0.4 is 15.4 Å². The Morgan fingerprint density at radius 2 is 2.07 bits per heavy atom. The van der Waals surface area contributed by atoms with E-state index >= 15 is 0 Å². The monoisotopic (exact) mass is 506 g/mol. The van der Waals surface area contributed by atoms with E-state index in [0.29, 0.717) is 6.04 Å². The van der Waals surface area contributed by atoms with Gasteiger partial charge in [-0.05, 0) is 69.0 Å². The van der Waals surface area contributed by atoms with Crippen LogP contribution in [-0.4, -0.2) is 62.7 Å². The summed E-state index contributed by atoms with van der Waals surface area (Å²) in [5, 5.41) is 6.83. The number of methoxy groups -OCH3 is 1. The molecule has 1 saturated heterocycles. The molecule has 1 unspecified atom stereocenters. The zero-order valence-electron chi connectivity index (χ0n) is 16.9. The van der Waals surface area contributed by atoms with E-state index in [1.165, 1.54) is 24.2 Å². The van der Waals surface area contributed by atoms with Gasteiger partial charge in [-0.1, -0.05) is 12.1 Å². The van der Waals surface area contributed by atoms with Gasteiger partial charge in [-0.2, -0.15) is 11.8 Å². The molecule has 1 aliphatic rings. The van der Waals surface area contributed by atoms with Crippen LogP contribution in [0.3, 0.4) is 0 Å². The molecule has 0 amide bonds. The summed E-state index contributed by atoms with van der Waals surface area (Å²) in [5.74, 6) is 3.01. The molecule has 27 heavy (non-hydrogen) atoms. The minimum absolute atomic E-state index is 0. The van der Waals surface area contributed by atoms with E-state index in [2.05, 4.69) is 46.9 Å². The highest BCUT2D eigenvalue weighted by atomic mass is 127. The first-order chi connectivity index (χ1) is 12.8. The maximum Gasteiger partial charge on any atom is 0.191 e. The maximum atomic E-state index is 5.43. The number of halogens is 1. The molecular weight excluding hydrogens is 471 g/mol. The smallest absolute Gasteiger partial charge is 0.191 e. The Morgan fingerprint density at radius 1 is 1.30 bits per heavy atom. The molecule has 1 aliphatic heterocycles. The SMILES string of the molecule is CCNC(=NCC(c1cccc(OC)c1)N1CCCC1)NCCCSC.I. The minimum Gasteiger partial charge on any atom is -0.497 e. The molecule has 5 nitrogen and oxygen atoms in total. The van der Waals surface area contributed by atoms with Crippen LogP contribution in [0.15, 0.2) is 29.3 Å². The minimum atomic E-state index is 0. The maximum absolute atomic E-state index is 5.43. The lowest BCUT2D eigenvalue weighted by Crippen LogP contribution is -2.39. The first-order valence-electron chi connectivity index (χ1n) is 9.67. The zero-order chi connectivity index (χ0) is 18.6. The number of benzene rings is 1. The molecule has 1 atom stereocenters. The molecule has 1 aromatic carbocycles. The second-order valence-corrected chi connectivity index (χ2v) is 7.51. The topological polar surface area (TPSA) is 48.9 Å². The van der Waals surface area contributed by atoms with Gasteiger partial charge in [0, 0.05) is 13.1 Å². The molecule has 1 fully saturated rings. The second kappa shape index (κ2) is 14.3. The first-order valence-corrected chi connectivity index (χ1v) is 11.1. The van der Waals surface area contributed by atoms with Crippen LogP contribution in [-0.2, 0) is 0 Å². The zero-order valence-corrected chi connectivity index (χ0v) is 20.0. The van der Waals surface area contributed by atoms with Crippen molar-refractivity contribution >= 4 is 41.7 Å². The van der Waals surface area contributed by atoms with Crippen molar-refractivity contribution in [2.24, 2.45) is 4.99 Å². The van der Waals surface area contributed by atoms with Crippen molar-refractivity contribution in [1.29, 1.82) is 0 Å². The number of rotatable bonds is 10. The summed E-state index contributed by atoms with van der Waals surface area (Å²) in [6, 6.07) is 8.73. The molecule has 2 rings (SSSR count). The van der Waals surface area contributed by atoms with Gasteiger partial charge in [-0.15, -0.1) is 24.0 Å². The number of nitrogens with one attached hydrogen (secondary N) is 2. The Morgan fingerprint density at radius 3 is 2.74 bits per heavy atom. The summed E-state index contributed by atoms with van der Waals surface area (Å²) < 4.78 is 5.43. The number of aliphatic imine (C=N–C) groups is 1. The van der Waals surface area contributed by atoms with Crippen molar-refractivity contribution in [1.82, 2.24) is 15.5 Å². The van der Waals surface area contributed by atoms with Crippen molar-refractivity contribution in [3.63, 3.8) is 0 Å². The Balaban J connectivity index is 0.00000364. The van der Waals surface area contributed by atoms with Gasteiger partial charge in [0.2, 0.25) is 0 Å². The van der Waals surface area contributed by atoms with Gasteiger partial charge in [0.05, 0.1) is 19.7 Å². The summed E-state index contributed by atoms with van der Waals surface area (Å²) in [4.78, 5) is 7.44. The summed E-state index contributed by atoms with van der Waals surface area (Å²) >= 11 is 1.88. The lowest BCUT2D eigenvalue weighted by Gasteiger charge is -2.27. The molecule has 0 aliphatic carbocycles. The van der Waals surface area contributed by atoms with E-state index in [4.69, 9.17) is 9.73 Å². The number of nitrogens with zero attached hydrogens (tertiary/aromatic N) is 2. The van der Waals surface area contributed by atoms with Crippen LogP contribution in [0.2, 0.25) is 0 Å². The summed E-state index contributed by atoms with van der Waals surface area (Å²) in [7, 11) is 1.73. The number of guanidine groups is 1. The van der Waals surface area contributed by atoms with Gasteiger partial charge in [-0.25, -0.2) is 0 Å². The van der Waals surface area contributed by atoms with Gasteiger partial charge in [0.25, 0.3) is 0 Å². The van der Waals surface area contributed by atoms with Crippen molar-refractivity contribution in [3.8, 4) is 5.75 Å². The van der Waals surface area contributed by atoms with E-state index in [1.807, 2.05) is 17.8 Å². The highest BCUT2D eigenvalue weighted by Crippen LogP contribution is 2.27. The molecular formula is C20H35IN4OS. The average Bonchev–Trinajstić information content (AvgIpc) is 3.20. The summed E-state index contributed by atoms with van der Waals surface area (Å²) in [5.41, 5.74) is 1.29. The van der Waals surface area contributed by atoms with Crippen molar-refractivity contribution < 1.29 is 4.74 Å². The van der Waals surface area contributed by atoms with E-state index in [1.54, 1.807) is 7.11 Å². The Labute approximate surface area is 186 Å². The summed E-state index contributed by atoms with van der Waals surface area (Å²) in [6.07, 6.45) is 5.85. The second-order valence-electron chi connectivity index (χ2n) is 6.53. The van der Waals surface area contributed by atoms with Crippen LogP contribution in [0.5, 0.6) is 5.75 Å². The average molecular weight is 506 g/mol. The fourth-order valence-electron chi connectivity index (χ4n) is 3.28. The van der Waals surface area contributed by atoms with Crippen LogP contribution >= 0.6 is 35.7 Å². The van der Waals surface area contributed by atoms with Crippen LogP contribution in [0.1, 0.15) is 37.8 Å². The van der Waals surface area contributed by atoms with Crippen molar-refractivity contribution in [3.05, 3.63) is 29.8 Å². The molecule has 7 heteroatoms. The molecule has 1 aromatic rings. The molecule has 0 spiro atoms. The molecule has 0 radical (unpaired) electrons. The van der Waals surface area contributed by atoms with Crippen LogP contribution in [0.4, 0.5) is 0 Å². The molecule has 1 heterocycles. The fourth-order valence-corrected chi connectivity index (χ4v) is 3.71. The fraction of sp³-hybridized carbons (Fsp3) is 0.650. The highest BCUT2D eigenvalue weighted by Gasteiger charge is 2.23. The van der Waals surface area contributed by atoms with E-state index in [9.17, 15) is 0 Å². The van der Waals surface area contributed by atoms with E-state index in [0.717, 1.165) is 50.9 Å². The molecule has 0 saturated carbocycles. The summed E-state index contributed by atoms with van der Waals surface area (Å²) in [6.45, 7) is 7.00. The molecule has 0 bridgehead atoms. The van der Waals surface area contributed by atoms with Crippen molar-refractivity contribution in [2.45, 2.75) is 32.2 Å².